The quantitative estimate of drug-likeness (QED) is 0.805. The van der Waals surface area contributed by atoms with E-state index in [9.17, 15) is 9.59 Å². The number of rotatable bonds is 7. The van der Waals surface area contributed by atoms with Crippen molar-refractivity contribution < 1.29 is 19.4 Å². The first-order valence-electron chi connectivity index (χ1n) is 6.40. The summed E-state index contributed by atoms with van der Waals surface area (Å²) in [5, 5.41) is 11.7. The first-order chi connectivity index (χ1) is 10.0. The highest BCUT2D eigenvalue weighted by molar-refractivity contribution is 7.98. The van der Waals surface area contributed by atoms with Gasteiger partial charge >= 0.3 is 12.0 Å². The van der Waals surface area contributed by atoms with Crippen LogP contribution in [0.15, 0.2) is 24.3 Å². The first-order valence-corrected chi connectivity index (χ1v) is 7.79. The molecule has 1 rings (SSSR count). The van der Waals surface area contributed by atoms with Crippen molar-refractivity contribution in [2.24, 2.45) is 0 Å². The zero-order valence-electron chi connectivity index (χ0n) is 12.3. The molecule has 0 fully saturated rings. The van der Waals surface area contributed by atoms with Crippen LogP contribution in [0.3, 0.4) is 0 Å². The molecule has 0 saturated heterocycles. The van der Waals surface area contributed by atoms with E-state index in [4.69, 9.17) is 9.84 Å². The van der Waals surface area contributed by atoms with Crippen LogP contribution < -0.4 is 15.0 Å². The molecule has 0 radical (unpaired) electrons. The molecular weight excluding hydrogens is 292 g/mol. The van der Waals surface area contributed by atoms with Gasteiger partial charge in [0.2, 0.25) is 0 Å². The van der Waals surface area contributed by atoms with Gasteiger partial charge in [-0.05, 0) is 30.6 Å². The van der Waals surface area contributed by atoms with E-state index >= 15 is 0 Å². The normalized spacial score (nSPS) is 11.6. The molecule has 2 N–H and O–H groups in total. The number of nitrogens with one attached hydrogen (secondary N) is 1. The third-order valence-electron chi connectivity index (χ3n) is 2.96. The molecule has 21 heavy (non-hydrogen) atoms. The second kappa shape index (κ2) is 8.41. The molecule has 0 aliphatic heterocycles. The average molecular weight is 312 g/mol. The summed E-state index contributed by atoms with van der Waals surface area (Å²) in [5.74, 6) is 0.173. The number of aliphatic carboxylic acids is 1. The van der Waals surface area contributed by atoms with Gasteiger partial charge in [-0.3, -0.25) is 4.90 Å². The summed E-state index contributed by atoms with van der Waals surface area (Å²) in [6.07, 6.45) is 2.27. The Hall–Kier alpha value is -1.89. The fraction of sp³-hybridized carbons (Fsp3) is 0.429. The Balaban J connectivity index is 2.79. The van der Waals surface area contributed by atoms with Crippen molar-refractivity contribution in [3.05, 3.63) is 24.3 Å². The number of ether oxygens (including phenoxy) is 1. The molecule has 2 amide bonds. The number of carbonyl (C=O) groups is 2. The minimum absolute atomic E-state index is 0.377. The van der Waals surface area contributed by atoms with E-state index in [1.165, 1.54) is 23.8 Å². The van der Waals surface area contributed by atoms with Crippen LogP contribution in [0.4, 0.5) is 10.5 Å². The summed E-state index contributed by atoms with van der Waals surface area (Å²) >= 11 is 1.54. The summed E-state index contributed by atoms with van der Waals surface area (Å²) in [6.45, 7) is 0. The number of carbonyl (C=O) groups excluding carboxylic acids is 1. The van der Waals surface area contributed by atoms with Crippen molar-refractivity contribution in [2.45, 2.75) is 12.5 Å². The topological polar surface area (TPSA) is 78.9 Å². The smallest absolute Gasteiger partial charge is 0.326 e. The van der Waals surface area contributed by atoms with Gasteiger partial charge in [-0.1, -0.05) is 12.1 Å². The van der Waals surface area contributed by atoms with Crippen LogP contribution in [-0.4, -0.2) is 49.3 Å². The number of carboxylic acid groups (broad SMARTS) is 1. The maximum atomic E-state index is 12.2. The molecule has 1 aromatic rings. The average Bonchev–Trinajstić information content (AvgIpc) is 2.49. The molecule has 6 nitrogen and oxygen atoms in total. The number of carboxylic acids is 1. The van der Waals surface area contributed by atoms with Crippen LogP contribution in [0.5, 0.6) is 5.75 Å². The molecule has 0 bridgehead atoms. The number of thioether (sulfide) groups is 1. The fourth-order valence-corrected chi connectivity index (χ4v) is 2.23. The molecular formula is C14H20N2O4S. The first kappa shape index (κ1) is 17.2. The predicted molar refractivity (Wildman–Crippen MR) is 84.4 cm³/mol. The van der Waals surface area contributed by atoms with Gasteiger partial charge in [-0.2, -0.15) is 11.8 Å². The lowest BCUT2D eigenvalue weighted by molar-refractivity contribution is -0.139. The molecule has 116 valence electrons. The molecule has 0 spiro atoms. The standard InChI is InChI=1S/C14H20N2O4S/c1-16(11-6-4-5-7-12(11)20-2)14(19)15-10(13(17)18)8-9-21-3/h4-7,10H,8-9H2,1-3H3,(H,15,19)(H,17,18)/t10-/m1/s1. The Morgan fingerprint density at radius 1 is 1.43 bits per heavy atom. The van der Waals surface area contributed by atoms with E-state index < -0.39 is 18.0 Å². The Morgan fingerprint density at radius 3 is 2.67 bits per heavy atom. The second-order valence-corrected chi connectivity index (χ2v) is 5.34. The van der Waals surface area contributed by atoms with E-state index in [0.29, 0.717) is 23.6 Å². The Bertz CT molecular complexity index is 496. The Kier molecular flexibility index (Phi) is 6.87. The van der Waals surface area contributed by atoms with E-state index in [2.05, 4.69) is 5.32 Å². The van der Waals surface area contributed by atoms with Gasteiger partial charge < -0.3 is 15.2 Å². The number of anilines is 1. The molecule has 0 unspecified atom stereocenters. The van der Waals surface area contributed by atoms with E-state index in [1.54, 1.807) is 31.3 Å². The van der Waals surface area contributed by atoms with Crippen LogP contribution in [0.2, 0.25) is 0 Å². The van der Waals surface area contributed by atoms with Crippen LogP contribution in [-0.2, 0) is 4.79 Å². The fourth-order valence-electron chi connectivity index (χ4n) is 1.76. The van der Waals surface area contributed by atoms with Gasteiger partial charge in [0.1, 0.15) is 11.8 Å². The molecule has 0 aliphatic rings. The number of urea groups is 1. The van der Waals surface area contributed by atoms with Gasteiger partial charge in [0.25, 0.3) is 0 Å². The molecule has 0 aromatic heterocycles. The van der Waals surface area contributed by atoms with Crippen molar-refractivity contribution >= 4 is 29.4 Å². The largest absolute Gasteiger partial charge is 0.495 e. The van der Waals surface area contributed by atoms with E-state index in [-0.39, 0.29) is 0 Å². The monoisotopic (exact) mass is 312 g/mol. The third-order valence-corrected chi connectivity index (χ3v) is 3.60. The highest BCUT2D eigenvalue weighted by Gasteiger charge is 2.22. The summed E-state index contributed by atoms with van der Waals surface area (Å²) < 4.78 is 5.19. The molecule has 1 atom stereocenters. The molecule has 0 heterocycles. The number of nitrogens with zero attached hydrogens (tertiary/aromatic N) is 1. The van der Waals surface area contributed by atoms with Crippen molar-refractivity contribution in [3.63, 3.8) is 0 Å². The molecule has 1 aromatic carbocycles. The van der Waals surface area contributed by atoms with Crippen LogP contribution in [0.25, 0.3) is 0 Å². The van der Waals surface area contributed by atoms with Gasteiger partial charge in [0.05, 0.1) is 12.8 Å². The lowest BCUT2D eigenvalue weighted by Crippen LogP contribution is -2.47. The van der Waals surface area contributed by atoms with Crippen LogP contribution in [0, 0.1) is 0 Å². The second-order valence-electron chi connectivity index (χ2n) is 4.35. The number of amides is 2. The SMILES string of the molecule is COc1ccccc1N(C)C(=O)N[C@H](CCSC)C(=O)O. The third kappa shape index (κ3) is 4.86. The van der Waals surface area contributed by atoms with Crippen LogP contribution in [0.1, 0.15) is 6.42 Å². The summed E-state index contributed by atoms with van der Waals surface area (Å²) in [4.78, 5) is 24.7. The van der Waals surface area contributed by atoms with Crippen molar-refractivity contribution in [1.82, 2.24) is 5.32 Å². The minimum atomic E-state index is -1.04. The maximum absolute atomic E-state index is 12.2. The minimum Gasteiger partial charge on any atom is -0.495 e. The van der Waals surface area contributed by atoms with Gasteiger partial charge in [0.15, 0.2) is 0 Å². The van der Waals surface area contributed by atoms with E-state index in [0.717, 1.165) is 0 Å². The Labute approximate surface area is 128 Å². The zero-order valence-corrected chi connectivity index (χ0v) is 13.1. The van der Waals surface area contributed by atoms with Crippen molar-refractivity contribution in [3.8, 4) is 5.75 Å². The number of para-hydroxylation sites is 2. The van der Waals surface area contributed by atoms with Gasteiger partial charge in [-0.15, -0.1) is 0 Å². The lowest BCUT2D eigenvalue weighted by Gasteiger charge is -2.22. The van der Waals surface area contributed by atoms with Gasteiger partial charge in [-0.25, -0.2) is 9.59 Å². The number of hydrogen-bond acceptors (Lipinski definition) is 4. The summed E-state index contributed by atoms with van der Waals surface area (Å²) in [5.41, 5.74) is 0.575. The maximum Gasteiger partial charge on any atom is 0.326 e. The highest BCUT2D eigenvalue weighted by Crippen LogP contribution is 2.26. The van der Waals surface area contributed by atoms with Crippen molar-refractivity contribution in [1.29, 1.82) is 0 Å². The van der Waals surface area contributed by atoms with E-state index in [1.807, 2.05) is 6.26 Å². The number of hydrogen-bond donors (Lipinski definition) is 2. The number of benzene rings is 1. The Morgan fingerprint density at radius 2 is 2.10 bits per heavy atom. The predicted octanol–water partition coefficient (Wildman–Crippen LogP) is 2.05. The summed E-state index contributed by atoms with van der Waals surface area (Å²) in [6, 6.07) is 5.67. The highest BCUT2D eigenvalue weighted by atomic mass is 32.2. The zero-order chi connectivity index (χ0) is 15.8. The summed E-state index contributed by atoms with van der Waals surface area (Å²) in [7, 11) is 3.09. The molecule has 0 saturated carbocycles. The number of methoxy groups -OCH3 is 1. The lowest BCUT2D eigenvalue weighted by atomic mass is 10.2. The van der Waals surface area contributed by atoms with Crippen LogP contribution >= 0.6 is 11.8 Å². The molecule has 7 heteroatoms. The molecule has 0 aliphatic carbocycles. The van der Waals surface area contributed by atoms with Gasteiger partial charge in [0, 0.05) is 7.05 Å². The van der Waals surface area contributed by atoms with Crippen molar-refractivity contribution in [2.75, 3.05) is 31.1 Å².